The van der Waals surface area contributed by atoms with Gasteiger partial charge in [-0.25, -0.2) is 9.18 Å². The van der Waals surface area contributed by atoms with Crippen LogP contribution in [-0.4, -0.2) is 50.2 Å². The molecular weight excluding hydrogens is 343 g/mol. The highest BCUT2D eigenvalue weighted by atomic mass is 19.1. The Balaban J connectivity index is 1.31. The van der Waals surface area contributed by atoms with Crippen LogP contribution in [-0.2, 0) is 0 Å². The second kappa shape index (κ2) is 7.86. The van der Waals surface area contributed by atoms with Crippen LogP contribution in [0.2, 0.25) is 0 Å². The van der Waals surface area contributed by atoms with Crippen molar-refractivity contribution in [2.24, 2.45) is 0 Å². The Kier molecular flexibility index (Phi) is 5.14. The molecule has 0 radical (unpaired) electrons. The first-order valence-electron chi connectivity index (χ1n) is 9.61. The van der Waals surface area contributed by atoms with Gasteiger partial charge < -0.3 is 20.0 Å². The summed E-state index contributed by atoms with van der Waals surface area (Å²) in [5.41, 5.74) is 2.62. The summed E-state index contributed by atoms with van der Waals surface area (Å²) in [6.07, 6.45) is 2.49. The minimum Gasteiger partial charge on any atom is -0.372 e. The van der Waals surface area contributed by atoms with Crippen LogP contribution in [0.3, 0.4) is 0 Å². The Morgan fingerprint density at radius 1 is 0.815 bits per heavy atom. The molecule has 4 rings (SSSR count). The van der Waals surface area contributed by atoms with E-state index in [9.17, 15) is 9.18 Å². The van der Waals surface area contributed by atoms with Crippen molar-refractivity contribution in [3.05, 3.63) is 54.3 Å². The Hall–Kier alpha value is -2.76. The lowest BCUT2D eigenvalue weighted by atomic mass is 10.2. The van der Waals surface area contributed by atoms with E-state index in [0.717, 1.165) is 18.8 Å². The van der Waals surface area contributed by atoms with E-state index >= 15 is 0 Å². The molecule has 2 aromatic carbocycles. The number of urea groups is 1. The van der Waals surface area contributed by atoms with E-state index in [1.807, 2.05) is 23.1 Å². The van der Waals surface area contributed by atoms with E-state index in [0.29, 0.717) is 31.9 Å². The topological polar surface area (TPSA) is 38.8 Å². The first-order chi connectivity index (χ1) is 13.2. The second-order valence-electron chi connectivity index (χ2n) is 7.10. The van der Waals surface area contributed by atoms with Crippen LogP contribution in [0.1, 0.15) is 12.8 Å². The zero-order valence-electron chi connectivity index (χ0n) is 15.4. The Morgan fingerprint density at radius 2 is 1.48 bits per heavy atom. The zero-order chi connectivity index (χ0) is 18.6. The fraction of sp³-hybridized carbons (Fsp3) is 0.381. The highest BCUT2D eigenvalue weighted by Gasteiger charge is 2.22. The lowest BCUT2D eigenvalue weighted by Gasteiger charge is -2.36. The van der Waals surface area contributed by atoms with Gasteiger partial charge in [-0.3, -0.25) is 0 Å². The van der Waals surface area contributed by atoms with Crippen molar-refractivity contribution in [1.82, 2.24) is 4.90 Å². The number of para-hydroxylation sites is 1. The highest BCUT2D eigenvalue weighted by Crippen LogP contribution is 2.23. The van der Waals surface area contributed by atoms with Crippen molar-refractivity contribution in [2.75, 3.05) is 54.4 Å². The van der Waals surface area contributed by atoms with Gasteiger partial charge in [-0.2, -0.15) is 0 Å². The molecule has 2 heterocycles. The third-order valence-electron chi connectivity index (χ3n) is 5.35. The van der Waals surface area contributed by atoms with Gasteiger partial charge in [-0.1, -0.05) is 12.1 Å². The number of nitrogens with one attached hydrogen (secondary N) is 1. The maximum atomic E-state index is 13.9. The van der Waals surface area contributed by atoms with Crippen LogP contribution in [0.4, 0.5) is 26.2 Å². The summed E-state index contributed by atoms with van der Waals surface area (Å²) in [6, 6.07) is 14.7. The van der Waals surface area contributed by atoms with E-state index in [1.54, 1.807) is 17.0 Å². The van der Waals surface area contributed by atoms with E-state index in [1.165, 1.54) is 24.6 Å². The van der Waals surface area contributed by atoms with Crippen LogP contribution < -0.4 is 15.1 Å². The van der Waals surface area contributed by atoms with Gasteiger partial charge in [0, 0.05) is 50.6 Å². The van der Waals surface area contributed by atoms with Gasteiger partial charge in [0.25, 0.3) is 0 Å². The predicted octanol–water partition coefficient (Wildman–Crippen LogP) is 3.78. The SMILES string of the molecule is O=C(Nc1ccc(N2CCCC2)cc1)N1CCN(c2ccccc2F)CC1. The first-order valence-corrected chi connectivity index (χ1v) is 9.61. The van der Waals surface area contributed by atoms with Crippen LogP contribution in [0, 0.1) is 5.82 Å². The number of halogens is 1. The van der Waals surface area contributed by atoms with E-state index < -0.39 is 0 Å². The fourth-order valence-electron chi connectivity index (χ4n) is 3.79. The quantitative estimate of drug-likeness (QED) is 0.896. The normalized spacial score (nSPS) is 17.3. The molecule has 0 aromatic heterocycles. The van der Waals surface area contributed by atoms with Crippen molar-refractivity contribution < 1.29 is 9.18 Å². The number of piperazine rings is 1. The maximum Gasteiger partial charge on any atom is 0.321 e. The van der Waals surface area contributed by atoms with Crippen LogP contribution in [0.15, 0.2) is 48.5 Å². The van der Waals surface area contributed by atoms with Crippen LogP contribution in [0.5, 0.6) is 0 Å². The Labute approximate surface area is 159 Å². The van der Waals surface area contributed by atoms with Gasteiger partial charge in [0.1, 0.15) is 5.82 Å². The molecule has 6 heteroatoms. The number of carbonyl (C=O) groups is 1. The monoisotopic (exact) mass is 368 g/mol. The number of anilines is 3. The summed E-state index contributed by atoms with van der Waals surface area (Å²) in [6.45, 7) is 4.62. The molecule has 0 saturated carbocycles. The average molecular weight is 368 g/mol. The van der Waals surface area contributed by atoms with Gasteiger partial charge in [-0.05, 0) is 49.2 Å². The largest absolute Gasteiger partial charge is 0.372 e. The summed E-state index contributed by atoms with van der Waals surface area (Å²) in [5, 5.41) is 2.97. The molecule has 27 heavy (non-hydrogen) atoms. The molecule has 142 valence electrons. The molecule has 0 atom stereocenters. The van der Waals surface area contributed by atoms with E-state index in [-0.39, 0.29) is 11.8 Å². The van der Waals surface area contributed by atoms with Gasteiger partial charge in [-0.15, -0.1) is 0 Å². The lowest BCUT2D eigenvalue weighted by molar-refractivity contribution is 0.208. The number of nitrogens with zero attached hydrogens (tertiary/aromatic N) is 3. The zero-order valence-corrected chi connectivity index (χ0v) is 15.4. The third-order valence-corrected chi connectivity index (χ3v) is 5.35. The second-order valence-corrected chi connectivity index (χ2v) is 7.10. The Bertz CT molecular complexity index is 781. The highest BCUT2D eigenvalue weighted by molar-refractivity contribution is 5.89. The van der Waals surface area contributed by atoms with Crippen molar-refractivity contribution in [3.8, 4) is 0 Å². The van der Waals surface area contributed by atoms with Crippen molar-refractivity contribution in [1.29, 1.82) is 0 Å². The molecule has 0 spiro atoms. The minimum absolute atomic E-state index is 0.0999. The lowest BCUT2D eigenvalue weighted by Crippen LogP contribution is -2.50. The van der Waals surface area contributed by atoms with Crippen molar-refractivity contribution in [2.45, 2.75) is 12.8 Å². The van der Waals surface area contributed by atoms with Crippen molar-refractivity contribution >= 4 is 23.1 Å². The summed E-state index contributed by atoms with van der Waals surface area (Å²) < 4.78 is 13.9. The first kappa shape index (κ1) is 17.6. The molecule has 0 unspecified atom stereocenters. The van der Waals surface area contributed by atoms with Gasteiger partial charge >= 0.3 is 6.03 Å². The number of benzene rings is 2. The number of hydrogen-bond donors (Lipinski definition) is 1. The third kappa shape index (κ3) is 3.99. The molecule has 2 aliphatic rings. The van der Waals surface area contributed by atoms with E-state index in [4.69, 9.17) is 0 Å². The summed E-state index contributed by atoms with van der Waals surface area (Å²) >= 11 is 0. The standard InChI is InChI=1S/C21H25FN4O/c22-19-5-1-2-6-20(19)25-13-15-26(16-14-25)21(27)23-17-7-9-18(10-8-17)24-11-3-4-12-24/h1-2,5-10H,3-4,11-16H2,(H,23,27). The number of hydrogen-bond acceptors (Lipinski definition) is 3. The molecule has 2 amide bonds. The summed E-state index contributed by atoms with van der Waals surface area (Å²) in [5.74, 6) is -0.214. The van der Waals surface area contributed by atoms with Gasteiger partial charge in [0.05, 0.1) is 5.69 Å². The fourth-order valence-corrected chi connectivity index (χ4v) is 3.79. The summed E-state index contributed by atoms with van der Waals surface area (Å²) in [4.78, 5) is 18.7. The molecule has 0 bridgehead atoms. The molecule has 2 fully saturated rings. The molecule has 5 nitrogen and oxygen atoms in total. The maximum absolute atomic E-state index is 13.9. The minimum atomic E-state index is -0.214. The molecule has 1 N–H and O–H groups in total. The van der Waals surface area contributed by atoms with Gasteiger partial charge in [0.2, 0.25) is 0 Å². The number of rotatable bonds is 3. The smallest absolute Gasteiger partial charge is 0.321 e. The molecule has 2 saturated heterocycles. The molecule has 2 aromatic rings. The summed E-state index contributed by atoms with van der Waals surface area (Å²) in [7, 11) is 0. The Morgan fingerprint density at radius 3 is 2.15 bits per heavy atom. The van der Waals surface area contributed by atoms with E-state index in [2.05, 4.69) is 22.3 Å². The predicted molar refractivity (Wildman–Crippen MR) is 107 cm³/mol. The van der Waals surface area contributed by atoms with Crippen LogP contribution in [0.25, 0.3) is 0 Å². The van der Waals surface area contributed by atoms with Gasteiger partial charge in [0.15, 0.2) is 0 Å². The van der Waals surface area contributed by atoms with Crippen molar-refractivity contribution in [3.63, 3.8) is 0 Å². The molecule has 2 aliphatic heterocycles. The number of amides is 2. The number of carbonyl (C=O) groups excluding carboxylic acids is 1. The molecular formula is C21H25FN4O. The average Bonchev–Trinajstić information content (AvgIpc) is 3.24. The molecule has 0 aliphatic carbocycles. The van der Waals surface area contributed by atoms with Crippen LogP contribution >= 0.6 is 0 Å².